The van der Waals surface area contributed by atoms with Gasteiger partial charge in [-0.1, -0.05) is 12.1 Å². The molecule has 2 atom stereocenters. The van der Waals surface area contributed by atoms with E-state index in [9.17, 15) is 0 Å². The highest BCUT2D eigenvalue weighted by molar-refractivity contribution is 5.59. The number of hydrogen-bond acceptors (Lipinski definition) is 4. The van der Waals surface area contributed by atoms with Gasteiger partial charge in [0.05, 0.1) is 5.69 Å². The van der Waals surface area contributed by atoms with Gasteiger partial charge >= 0.3 is 0 Å². The molecule has 0 spiro atoms. The highest BCUT2D eigenvalue weighted by Crippen LogP contribution is 2.31. The molecule has 0 aliphatic carbocycles. The van der Waals surface area contributed by atoms with Crippen molar-refractivity contribution in [2.24, 2.45) is 0 Å². The van der Waals surface area contributed by atoms with Crippen LogP contribution < -0.4 is 15.4 Å². The van der Waals surface area contributed by atoms with E-state index < -0.39 is 0 Å². The fourth-order valence-electron chi connectivity index (χ4n) is 1.54. The van der Waals surface area contributed by atoms with E-state index in [1.165, 1.54) is 0 Å². The smallest absolute Gasteiger partial charge is 0.210 e. The summed E-state index contributed by atoms with van der Waals surface area (Å²) < 4.78 is 10.9. The van der Waals surface area contributed by atoms with E-state index in [4.69, 9.17) is 9.47 Å². The molecular formula is C10H14N2O2. The Bertz CT molecular complexity index is 288. The Morgan fingerprint density at radius 1 is 1.50 bits per heavy atom. The van der Waals surface area contributed by atoms with E-state index in [0.29, 0.717) is 0 Å². The minimum Gasteiger partial charge on any atom is -0.464 e. The summed E-state index contributed by atoms with van der Waals surface area (Å²) in [6.45, 7) is 0. The second kappa shape index (κ2) is 3.86. The molecule has 4 nitrogen and oxygen atoms in total. The lowest BCUT2D eigenvalue weighted by molar-refractivity contribution is 0.00480. The molecule has 1 aliphatic rings. The highest BCUT2D eigenvalue weighted by atomic mass is 16.6. The van der Waals surface area contributed by atoms with Crippen molar-refractivity contribution < 1.29 is 9.47 Å². The molecule has 0 aromatic heterocycles. The Morgan fingerprint density at radius 2 is 2.29 bits per heavy atom. The van der Waals surface area contributed by atoms with Crippen LogP contribution in [0.15, 0.2) is 24.3 Å². The average molecular weight is 194 g/mol. The molecule has 0 fully saturated rings. The van der Waals surface area contributed by atoms with Crippen molar-refractivity contribution >= 4 is 5.69 Å². The minimum absolute atomic E-state index is 0.151. The largest absolute Gasteiger partial charge is 0.464 e. The van der Waals surface area contributed by atoms with Crippen LogP contribution in [0.1, 0.15) is 0 Å². The summed E-state index contributed by atoms with van der Waals surface area (Å²) in [4.78, 5) is 0. The van der Waals surface area contributed by atoms with Crippen LogP contribution in [0.25, 0.3) is 0 Å². The van der Waals surface area contributed by atoms with Gasteiger partial charge in [-0.2, -0.15) is 0 Å². The van der Waals surface area contributed by atoms with Crippen molar-refractivity contribution in [3.63, 3.8) is 0 Å². The third-order valence-electron chi connectivity index (χ3n) is 2.25. The molecule has 14 heavy (non-hydrogen) atoms. The van der Waals surface area contributed by atoms with Crippen molar-refractivity contribution in [1.29, 1.82) is 0 Å². The fourth-order valence-corrected chi connectivity index (χ4v) is 1.54. The molecule has 2 unspecified atom stereocenters. The van der Waals surface area contributed by atoms with Gasteiger partial charge in [0.2, 0.25) is 6.23 Å². The third kappa shape index (κ3) is 1.54. The molecule has 0 amide bonds. The van der Waals surface area contributed by atoms with E-state index in [-0.39, 0.29) is 12.5 Å². The lowest BCUT2D eigenvalue weighted by Crippen LogP contribution is -2.44. The first-order valence-electron chi connectivity index (χ1n) is 4.57. The van der Waals surface area contributed by atoms with E-state index in [1.54, 1.807) is 7.11 Å². The number of nitrogens with one attached hydrogen (secondary N) is 2. The Labute approximate surface area is 83.2 Å². The average Bonchev–Trinajstić information content (AvgIpc) is 2.63. The molecule has 0 saturated heterocycles. The zero-order valence-corrected chi connectivity index (χ0v) is 8.28. The van der Waals surface area contributed by atoms with E-state index in [0.717, 1.165) is 11.4 Å². The number of rotatable bonds is 3. The molecule has 0 saturated carbocycles. The molecule has 1 aromatic carbocycles. The topological polar surface area (TPSA) is 42.5 Å². The van der Waals surface area contributed by atoms with Gasteiger partial charge in [0, 0.05) is 7.11 Å². The highest BCUT2D eigenvalue weighted by Gasteiger charge is 2.28. The van der Waals surface area contributed by atoms with Crippen molar-refractivity contribution in [3.05, 3.63) is 24.3 Å². The van der Waals surface area contributed by atoms with E-state index in [1.807, 2.05) is 31.3 Å². The number of fused-ring (bicyclic) bond motifs is 1. The van der Waals surface area contributed by atoms with E-state index >= 15 is 0 Å². The van der Waals surface area contributed by atoms with Gasteiger partial charge in [-0.3, -0.25) is 5.32 Å². The van der Waals surface area contributed by atoms with Crippen molar-refractivity contribution in [1.82, 2.24) is 5.32 Å². The number of anilines is 1. The van der Waals surface area contributed by atoms with Gasteiger partial charge < -0.3 is 14.8 Å². The summed E-state index contributed by atoms with van der Waals surface area (Å²) in [6, 6.07) is 7.84. The predicted molar refractivity (Wildman–Crippen MR) is 54.3 cm³/mol. The predicted octanol–water partition coefficient (Wildman–Crippen LogP) is 1.01. The second-order valence-electron chi connectivity index (χ2n) is 3.12. The molecule has 0 radical (unpaired) electrons. The molecule has 2 N–H and O–H groups in total. The molecule has 0 bridgehead atoms. The Hall–Kier alpha value is -1.26. The first kappa shape index (κ1) is 9.30. The van der Waals surface area contributed by atoms with Gasteiger partial charge in [0.15, 0.2) is 6.23 Å². The van der Waals surface area contributed by atoms with Crippen LogP contribution in [0.5, 0.6) is 5.75 Å². The molecule has 76 valence electrons. The van der Waals surface area contributed by atoms with Crippen molar-refractivity contribution in [3.8, 4) is 5.75 Å². The normalized spacial score (nSPS) is 20.9. The second-order valence-corrected chi connectivity index (χ2v) is 3.12. The standard InChI is InChI=1S/C10H14N2O2/c1-11-9(13-2)10-12-7-5-3-4-6-8(7)14-10/h3-6,9-12H,1-2H3. The van der Waals surface area contributed by atoms with Crippen molar-refractivity contribution in [2.45, 2.75) is 12.5 Å². The zero-order chi connectivity index (χ0) is 9.97. The number of likely N-dealkylation sites (N-methyl/N-ethyl adjacent to an activating group) is 1. The maximum atomic E-state index is 5.65. The Kier molecular flexibility index (Phi) is 2.56. The molecular weight excluding hydrogens is 180 g/mol. The lowest BCUT2D eigenvalue weighted by Gasteiger charge is -2.21. The molecule has 2 rings (SSSR count). The SMILES string of the molecule is CNC(OC)C1Nc2ccccc2O1. The van der Waals surface area contributed by atoms with Gasteiger partial charge in [0.1, 0.15) is 5.75 Å². The molecule has 1 aliphatic heterocycles. The minimum atomic E-state index is -0.164. The zero-order valence-electron chi connectivity index (χ0n) is 8.28. The van der Waals surface area contributed by atoms with Crippen LogP contribution in [-0.2, 0) is 4.74 Å². The van der Waals surface area contributed by atoms with Crippen LogP contribution in [0.4, 0.5) is 5.69 Å². The number of hydrogen-bond donors (Lipinski definition) is 2. The lowest BCUT2D eigenvalue weighted by atomic mass is 10.3. The summed E-state index contributed by atoms with van der Waals surface area (Å²) in [7, 11) is 3.48. The Morgan fingerprint density at radius 3 is 2.93 bits per heavy atom. The van der Waals surface area contributed by atoms with Gasteiger partial charge in [-0.05, 0) is 19.2 Å². The molecule has 1 aromatic rings. The van der Waals surface area contributed by atoms with Gasteiger partial charge in [0.25, 0.3) is 0 Å². The fraction of sp³-hybridized carbons (Fsp3) is 0.400. The summed E-state index contributed by atoms with van der Waals surface area (Å²) >= 11 is 0. The van der Waals surface area contributed by atoms with Crippen LogP contribution in [-0.4, -0.2) is 26.6 Å². The quantitative estimate of drug-likeness (QED) is 0.705. The van der Waals surface area contributed by atoms with Crippen LogP contribution in [0, 0.1) is 0 Å². The van der Waals surface area contributed by atoms with Crippen LogP contribution in [0.2, 0.25) is 0 Å². The first-order chi connectivity index (χ1) is 6.85. The van der Waals surface area contributed by atoms with Crippen LogP contribution in [0.3, 0.4) is 0 Å². The van der Waals surface area contributed by atoms with Crippen molar-refractivity contribution in [2.75, 3.05) is 19.5 Å². The number of benzene rings is 1. The van der Waals surface area contributed by atoms with E-state index in [2.05, 4.69) is 10.6 Å². The number of methoxy groups -OCH3 is 1. The summed E-state index contributed by atoms with van der Waals surface area (Å²) in [6.07, 6.45) is -0.315. The summed E-state index contributed by atoms with van der Waals surface area (Å²) in [5.41, 5.74) is 1.01. The summed E-state index contributed by atoms with van der Waals surface area (Å²) in [5, 5.41) is 6.25. The number of ether oxygens (including phenoxy) is 2. The summed E-state index contributed by atoms with van der Waals surface area (Å²) in [5.74, 6) is 0.870. The molecule has 4 heteroatoms. The Balaban J connectivity index is 2.11. The van der Waals surface area contributed by atoms with Gasteiger partial charge in [-0.15, -0.1) is 0 Å². The molecule has 1 heterocycles. The van der Waals surface area contributed by atoms with Crippen LogP contribution >= 0.6 is 0 Å². The third-order valence-corrected chi connectivity index (χ3v) is 2.25. The maximum absolute atomic E-state index is 5.65. The number of para-hydroxylation sites is 2. The van der Waals surface area contributed by atoms with Gasteiger partial charge in [-0.25, -0.2) is 0 Å². The monoisotopic (exact) mass is 194 g/mol. The first-order valence-corrected chi connectivity index (χ1v) is 4.57. The maximum Gasteiger partial charge on any atom is 0.210 e.